The van der Waals surface area contributed by atoms with Gasteiger partial charge < -0.3 is 4.74 Å². The van der Waals surface area contributed by atoms with E-state index in [1.165, 1.54) is 12.1 Å². The summed E-state index contributed by atoms with van der Waals surface area (Å²) < 4.78 is 44.0. The van der Waals surface area contributed by atoms with Gasteiger partial charge in [-0.1, -0.05) is 31.2 Å². The third-order valence-corrected chi connectivity index (χ3v) is 5.95. The number of carbonyl (C=O) groups excluding carboxylic acids is 1. The SMILES string of the molecule is CCCC(=O)c1ccc(-c2ccc(OC3CN(Cc4ccc(C(F)(F)F)cc4)C3)cn2)cc1C. The molecule has 1 saturated heterocycles. The van der Waals surface area contributed by atoms with Crippen molar-refractivity contribution in [2.45, 2.75) is 45.5 Å². The van der Waals surface area contributed by atoms with Crippen molar-refractivity contribution < 1.29 is 22.7 Å². The van der Waals surface area contributed by atoms with E-state index in [1.54, 1.807) is 6.20 Å². The molecular weight excluding hydrogens is 441 g/mol. The maximum absolute atomic E-state index is 12.7. The fourth-order valence-corrected chi connectivity index (χ4v) is 4.09. The van der Waals surface area contributed by atoms with Crippen LogP contribution in [0.25, 0.3) is 11.3 Å². The molecule has 178 valence electrons. The third-order valence-electron chi connectivity index (χ3n) is 5.95. The summed E-state index contributed by atoms with van der Waals surface area (Å²) in [4.78, 5) is 18.8. The molecule has 2 heterocycles. The molecule has 1 aromatic heterocycles. The second-order valence-corrected chi connectivity index (χ2v) is 8.71. The van der Waals surface area contributed by atoms with Crippen LogP contribution in [0.1, 0.15) is 46.8 Å². The van der Waals surface area contributed by atoms with Gasteiger partial charge in [0.25, 0.3) is 0 Å². The van der Waals surface area contributed by atoms with E-state index in [0.29, 0.717) is 31.8 Å². The van der Waals surface area contributed by atoms with Crippen molar-refractivity contribution in [2.24, 2.45) is 0 Å². The number of benzene rings is 2. The predicted molar refractivity (Wildman–Crippen MR) is 125 cm³/mol. The second-order valence-electron chi connectivity index (χ2n) is 8.71. The van der Waals surface area contributed by atoms with E-state index in [-0.39, 0.29) is 11.9 Å². The second kappa shape index (κ2) is 9.97. The van der Waals surface area contributed by atoms with Gasteiger partial charge in [-0.25, -0.2) is 0 Å². The molecule has 0 aliphatic carbocycles. The molecule has 1 fully saturated rings. The molecule has 3 aromatic rings. The van der Waals surface area contributed by atoms with Crippen LogP contribution in [0, 0.1) is 6.92 Å². The molecule has 0 atom stereocenters. The van der Waals surface area contributed by atoms with Gasteiger partial charge >= 0.3 is 6.18 Å². The first-order valence-corrected chi connectivity index (χ1v) is 11.4. The van der Waals surface area contributed by atoms with Gasteiger partial charge in [-0.05, 0) is 54.8 Å². The van der Waals surface area contributed by atoms with Gasteiger partial charge in [0.05, 0.1) is 17.5 Å². The Bertz CT molecular complexity index is 1140. The molecule has 0 spiro atoms. The highest BCUT2D eigenvalue weighted by molar-refractivity contribution is 5.97. The van der Waals surface area contributed by atoms with Crippen LogP contribution in [0.15, 0.2) is 60.8 Å². The molecule has 4 rings (SSSR count). The lowest BCUT2D eigenvalue weighted by Gasteiger charge is -2.39. The summed E-state index contributed by atoms with van der Waals surface area (Å²) in [5.74, 6) is 0.838. The van der Waals surface area contributed by atoms with Crippen molar-refractivity contribution >= 4 is 5.78 Å². The number of rotatable bonds is 8. The first-order valence-electron chi connectivity index (χ1n) is 11.4. The van der Waals surface area contributed by atoms with Crippen LogP contribution in [0.3, 0.4) is 0 Å². The van der Waals surface area contributed by atoms with Gasteiger partial charge in [-0.15, -0.1) is 0 Å². The van der Waals surface area contributed by atoms with Crippen LogP contribution in [0.5, 0.6) is 5.75 Å². The monoisotopic (exact) mass is 468 g/mol. The van der Waals surface area contributed by atoms with Gasteiger partial charge in [0, 0.05) is 37.2 Å². The highest BCUT2D eigenvalue weighted by Gasteiger charge is 2.31. The number of ketones is 1. The summed E-state index contributed by atoms with van der Waals surface area (Å²) >= 11 is 0. The quantitative estimate of drug-likeness (QED) is 0.363. The molecule has 0 saturated carbocycles. The average Bonchev–Trinajstić information content (AvgIpc) is 2.78. The first kappa shape index (κ1) is 24.0. The van der Waals surface area contributed by atoms with Crippen molar-refractivity contribution in [3.05, 3.63) is 83.0 Å². The van der Waals surface area contributed by atoms with E-state index in [0.717, 1.165) is 46.5 Å². The first-order chi connectivity index (χ1) is 16.2. The average molecular weight is 469 g/mol. The van der Waals surface area contributed by atoms with Crippen LogP contribution in [-0.2, 0) is 12.7 Å². The maximum Gasteiger partial charge on any atom is 0.416 e. The lowest BCUT2D eigenvalue weighted by molar-refractivity contribution is -0.137. The molecule has 34 heavy (non-hydrogen) atoms. The van der Waals surface area contributed by atoms with Crippen LogP contribution in [-0.4, -0.2) is 34.9 Å². The van der Waals surface area contributed by atoms with Crippen molar-refractivity contribution in [2.75, 3.05) is 13.1 Å². The van der Waals surface area contributed by atoms with Crippen LogP contribution in [0.2, 0.25) is 0 Å². The number of hydrogen-bond acceptors (Lipinski definition) is 4. The van der Waals surface area contributed by atoms with Crippen molar-refractivity contribution in [3.8, 4) is 17.0 Å². The van der Waals surface area contributed by atoms with Crippen LogP contribution < -0.4 is 4.74 Å². The number of hydrogen-bond donors (Lipinski definition) is 0. The number of aryl methyl sites for hydroxylation is 1. The highest BCUT2D eigenvalue weighted by atomic mass is 19.4. The Morgan fingerprint density at radius 1 is 1.09 bits per heavy atom. The Morgan fingerprint density at radius 2 is 1.82 bits per heavy atom. The van der Waals surface area contributed by atoms with E-state index in [4.69, 9.17) is 4.74 Å². The minimum atomic E-state index is -4.31. The Kier molecular flexibility index (Phi) is 7.03. The number of ether oxygens (including phenoxy) is 1. The van der Waals surface area contributed by atoms with E-state index >= 15 is 0 Å². The van der Waals surface area contributed by atoms with Gasteiger partial charge in [0.15, 0.2) is 5.78 Å². The van der Waals surface area contributed by atoms with Crippen molar-refractivity contribution in [3.63, 3.8) is 0 Å². The highest BCUT2D eigenvalue weighted by Crippen LogP contribution is 2.30. The molecule has 2 aromatic carbocycles. The molecule has 1 aliphatic heterocycles. The number of Topliss-reactive ketones (excluding diaryl/α,β-unsaturated/α-hetero) is 1. The molecule has 7 heteroatoms. The summed E-state index contributed by atoms with van der Waals surface area (Å²) in [7, 11) is 0. The fourth-order valence-electron chi connectivity index (χ4n) is 4.09. The zero-order chi connectivity index (χ0) is 24.3. The Balaban J connectivity index is 1.29. The molecule has 4 nitrogen and oxygen atoms in total. The van der Waals surface area contributed by atoms with Crippen molar-refractivity contribution in [1.82, 2.24) is 9.88 Å². The Morgan fingerprint density at radius 3 is 2.41 bits per heavy atom. The number of alkyl halides is 3. The number of pyridine rings is 1. The molecule has 0 amide bonds. The van der Waals surface area contributed by atoms with Gasteiger partial charge in [-0.3, -0.25) is 14.7 Å². The van der Waals surface area contributed by atoms with Crippen LogP contribution >= 0.6 is 0 Å². The largest absolute Gasteiger partial charge is 0.486 e. The third kappa shape index (κ3) is 5.65. The molecule has 0 bridgehead atoms. The summed E-state index contributed by atoms with van der Waals surface area (Å²) in [6.45, 7) is 5.93. The van der Waals surface area contributed by atoms with Crippen molar-refractivity contribution in [1.29, 1.82) is 0 Å². The Hall–Kier alpha value is -3.19. The summed E-state index contributed by atoms with van der Waals surface area (Å²) in [6, 6.07) is 14.8. The number of aromatic nitrogens is 1. The molecular formula is C27H27F3N2O2. The van der Waals surface area contributed by atoms with Crippen LogP contribution in [0.4, 0.5) is 13.2 Å². The smallest absolute Gasteiger partial charge is 0.416 e. The summed E-state index contributed by atoms with van der Waals surface area (Å²) in [6.07, 6.45) is -1.22. The molecule has 0 N–H and O–H groups in total. The van der Waals surface area contributed by atoms with E-state index in [9.17, 15) is 18.0 Å². The minimum Gasteiger partial charge on any atom is -0.486 e. The van der Waals surface area contributed by atoms with Gasteiger partial charge in [0.2, 0.25) is 0 Å². The summed E-state index contributed by atoms with van der Waals surface area (Å²) in [5, 5.41) is 0. The number of halogens is 3. The van der Waals surface area contributed by atoms with E-state index in [2.05, 4.69) is 9.88 Å². The summed E-state index contributed by atoms with van der Waals surface area (Å²) in [5.41, 5.74) is 3.67. The molecule has 0 radical (unpaired) electrons. The van der Waals surface area contributed by atoms with Gasteiger partial charge in [0.1, 0.15) is 11.9 Å². The zero-order valence-corrected chi connectivity index (χ0v) is 19.2. The lowest BCUT2D eigenvalue weighted by Crippen LogP contribution is -2.53. The molecule has 0 unspecified atom stereocenters. The number of nitrogens with zero attached hydrogens (tertiary/aromatic N) is 2. The molecule has 1 aliphatic rings. The number of carbonyl (C=O) groups is 1. The standard InChI is InChI=1S/C27H27F3N2O2/c1-3-4-26(33)24-11-7-20(13-18(24)2)25-12-10-22(14-31-25)34-23-16-32(17-23)15-19-5-8-21(9-6-19)27(28,29)30/h5-14,23H,3-4,15-17H2,1-2H3. The van der Waals surface area contributed by atoms with E-state index < -0.39 is 11.7 Å². The zero-order valence-electron chi connectivity index (χ0n) is 19.2. The number of likely N-dealkylation sites (tertiary alicyclic amines) is 1. The van der Waals surface area contributed by atoms with E-state index in [1.807, 2.05) is 44.2 Å². The lowest BCUT2D eigenvalue weighted by atomic mass is 9.98. The minimum absolute atomic E-state index is 0.0215. The van der Waals surface area contributed by atoms with Gasteiger partial charge in [-0.2, -0.15) is 13.2 Å². The fraction of sp³-hybridized carbons (Fsp3) is 0.333. The predicted octanol–water partition coefficient (Wildman–Crippen LogP) is 6.32. The Labute approximate surface area is 197 Å². The topological polar surface area (TPSA) is 42.4 Å². The maximum atomic E-state index is 12.7. The normalized spacial score (nSPS) is 14.6.